The van der Waals surface area contributed by atoms with Gasteiger partial charge in [-0.15, -0.1) is 0 Å². The normalized spacial score (nSPS) is 18.2. The second-order valence-corrected chi connectivity index (χ2v) is 6.85. The van der Waals surface area contributed by atoms with E-state index in [0.29, 0.717) is 22.1 Å². The molecule has 0 saturated heterocycles. The van der Waals surface area contributed by atoms with Crippen LogP contribution >= 0.6 is 10.8 Å². The molecule has 0 aliphatic carbocycles. The molecule has 0 fully saturated rings. The van der Waals surface area contributed by atoms with Crippen molar-refractivity contribution < 1.29 is 37.4 Å². The van der Waals surface area contributed by atoms with E-state index >= 15 is 0 Å². The predicted octanol–water partition coefficient (Wildman–Crippen LogP) is -1.01. The van der Waals surface area contributed by atoms with Crippen LogP contribution < -0.4 is 23.5 Å². The Morgan fingerprint density at radius 3 is 2.33 bits per heavy atom. The molecule has 0 amide bonds. The summed E-state index contributed by atoms with van der Waals surface area (Å²) in [6.07, 6.45) is 0. The summed E-state index contributed by atoms with van der Waals surface area (Å²) in [5.41, 5.74) is 0.500. The van der Waals surface area contributed by atoms with Crippen LogP contribution in [-0.4, -0.2) is 14.2 Å². The third-order valence-corrected chi connectivity index (χ3v) is 5.63. The van der Waals surface area contributed by atoms with Crippen molar-refractivity contribution in [1.29, 1.82) is 0 Å². The second kappa shape index (κ2) is 5.21. The topological polar surface area (TPSA) is 109 Å². The minimum atomic E-state index is -4.50. The van der Waals surface area contributed by atoms with Crippen molar-refractivity contribution in [1.82, 2.24) is 0 Å². The number of halogens is 1. The van der Waals surface area contributed by atoms with Gasteiger partial charge < -0.3 is 9.47 Å². The predicted molar refractivity (Wildman–Crippen MR) is 55.9 cm³/mol. The Balaban J connectivity index is 2.28. The van der Waals surface area contributed by atoms with Crippen molar-refractivity contribution >= 4 is 26.5 Å². The average molecular weight is 314 g/mol. The maximum Gasteiger partial charge on any atom is 0.268 e. The van der Waals surface area contributed by atoms with Gasteiger partial charge in [0.15, 0.2) is 15.2 Å². The molecule has 0 radical (unpaired) electrons. The Kier molecular flexibility index (Phi) is 4.02. The maximum absolute atomic E-state index is 10.5. The Labute approximate surface area is 111 Å². The molecule has 100 valence electrons. The van der Waals surface area contributed by atoms with E-state index in [9.17, 15) is 14.0 Å². The van der Waals surface area contributed by atoms with E-state index in [4.69, 9.17) is 9.47 Å². The molecule has 7 nitrogen and oxygen atoms in total. The molecule has 0 spiro atoms. The molecule has 1 heterocycles. The molecule has 10 heteroatoms. The molecule has 0 bridgehead atoms. The highest BCUT2D eigenvalue weighted by Crippen LogP contribution is 2.47. The van der Waals surface area contributed by atoms with Crippen LogP contribution in [0.2, 0.25) is 0 Å². The van der Waals surface area contributed by atoms with Crippen molar-refractivity contribution in [2.24, 2.45) is 4.36 Å². The molecule has 1 aliphatic rings. The summed E-state index contributed by atoms with van der Waals surface area (Å²) >= 11 is 0. The number of benzene rings is 1. The summed E-state index contributed by atoms with van der Waals surface area (Å²) < 4.78 is 49.8. The van der Waals surface area contributed by atoms with Gasteiger partial charge in [0, 0.05) is 22.9 Å². The molecular formula is C8H8ClNO6S2. The fourth-order valence-electron chi connectivity index (χ4n) is 1.26. The first kappa shape index (κ1) is 13.9. The molecule has 18 heavy (non-hydrogen) atoms. The van der Waals surface area contributed by atoms with Gasteiger partial charge in [0.05, 0.1) is 35.0 Å². The van der Waals surface area contributed by atoms with Gasteiger partial charge in [-0.1, -0.05) is 0 Å². The molecule has 2 rings (SSSR count). The third kappa shape index (κ3) is 3.06. The Bertz CT molecular complexity index is 503. The van der Waals surface area contributed by atoms with Crippen LogP contribution in [0.4, 0.5) is 5.69 Å². The van der Waals surface area contributed by atoms with Gasteiger partial charge in [0.1, 0.15) is 0 Å². The van der Waals surface area contributed by atoms with Crippen molar-refractivity contribution in [3.05, 3.63) is 12.1 Å². The van der Waals surface area contributed by atoms with Gasteiger partial charge in [0.25, 0.3) is 10.0 Å². The number of methoxy groups -OCH3 is 2. The Morgan fingerprint density at radius 1 is 1.17 bits per heavy atom. The van der Waals surface area contributed by atoms with E-state index in [-0.39, 0.29) is 0 Å². The third-order valence-electron chi connectivity index (χ3n) is 1.93. The van der Waals surface area contributed by atoms with Crippen LogP contribution in [0.1, 0.15) is 0 Å². The van der Waals surface area contributed by atoms with Crippen molar-refractivity contribution in [2.75, 3.05) is 14.2 Å². The van der Waals surface area contributed by atoms with Crippen molar-refractivity contribution in [2.45, 2.75) is 4.90 Å². The lowest BCUT2D eigenvalue weighted by molar-refractivity contribution is -1.91. The molecule has 1 atom stereocenters. The zero-order valence-corrected chi connectivity index (χ0v) is 11.6. The van der Waals surface area contributed by atoms with Gasteiger partial charge in [-0.2, -0.15) is 18.3 Å². The molecule has 0 aromatic heterocycles. The zero-order valence-electron chi connectivity index (χ0n) is 9.25. The minimum Gasteiger partial charge on any atom is -0.493 e. The number of fused-ring (bicyclic) bond motifs is 1. The van der Waals surface area contributed by atoms with Gasteiger partial charge in [-0.05, 0) is 0 Å². The Morgan fingerprint density at radius 2 is 1.78 bits per heavy atom. The Hall–Kier alpha value is -0.550. The SMILES string of the molecule is COc1cc2c(cc1OC)SS(O[Cl+3]([O-])([O-])[O-])=N2. The summed E-state index contributed by atoms with van der Waals surface area (Å²) in [7, 11) is -1.90. The largest absolute Gasteiger partial charge is 0.493 e. The first-order valence-electron chi connectivity index (χ1n) is 4.44. The fourth-order valence-corrected chi connectivity index (χ4v) is 4.92. The highest BCUT2D eigenvalue weighted by Gasteiger charge is 2.30. The van der Waals surface area contributed by atoms with Crippen LogP contribution in [0, 0.1) is 10.2 Å². The molecule has 1 aliphatic heterocycles. The molecule has 1 aromatic carbocycles. The lowest BCUT2D eigenvalue weighted by Crippen LogP contribution is -2.60. The minimum absolute atomic E-state index is 0.466. The summed E-state index contributed by atoms with van der Waals surface area (Å²) in [5, 5.41) is 0. The maximum atomic E-state index is 10.5. The highest BCUT2D eigenvalue weighted by molar-refractivity contribution is 8.68. The number of ether oxygens (including phenoxy) is 2. The highest BCUT2D eigenvalue weighted by atomic mass is 35.7. The number of hydrogen-bond donors (Lipinski definition) is 0. The molecule has 0 N–H and O–H groups in total. The van der Waals surface area contributed by atoms with Gasteiger partial charge >= 0.3 is 0 Å². The smallest absolute Gasteiger partial charge is 0.268 e. The van der Waals surface area contributed by atoms with E-state index in [1.807, 2.05) is 0 Å². The van der Waals surface area contributed by atoms with E-state index in [1.54, 1.807) is 12.1 Å². The van der Waals surface area contributed by atoms with E-state index in [1.165, 1.54) is 14.2 Å². The summed E-state index contributed by atoms with van der Waals surface area (Å²) in [6, 6.07) is 3.23. The van der Waals surface area contributed by atoms with Crippen LogP contribution in [0.5, 0.6) is 11.5 Å². The zero-order chi connectivity index (χ0) is 13.3. The second-order valence-electron chi connectivity index (χ2n) is 3.01. The van der Waals surface area contributed by atoms with Crippen molar-refractivity contribution in [3.8, 4) is 11.5 Å². The van der Waals surface area contributed by atoms with Crippen LogP contribution in [0.15, 0.2) is 21.4 Å². The van der Waals surface area contributed by atoms with Gasteiger partial charge in [0.2, 0.25) is 0 Å². The van der Waals surface area contributed by atoms with E-state index in [2.05, 4.69) is 8.10 Å². The van der Waals surface area contributed by atoms with Crippen LogP contribution in [0.25, 0.3) is 0 Å². The summed E-state index contributed by atoms with van der Waals surface area (Å²) in [4.78, 5) is 0.662. The van der Waals surface area contributed by atoms with Crippen molar-refractivity contribution in [3.63, 3.8) is 0 Å². The van der Waals surface area contributed by atoms with Gasteiger partial charge in [-0.3, -0.25) is 0 Å². The standard InChI is InChI=1S/C8H8ClNO6S2/c1-14-6-3-5-8(4-7(6)15-2)17-18(10-5)16-9(11,12)13/h3-4H,1-2H3. The lowest BCUT2D eigenvalue weighted by atomic mass is 10.3. The van der Waals surface area contributed by atoms with Crippen LogP contribution in [-0.2, 0) is 13.7 Å². The van der Waals surface area contributed by atoms with Gasteiger partial charge in [-0.25, -0.2) is 0 Å². The molecule has 0 saturated carbocycles. The number of hydrogen-bond acceptors (Lipinski definition) is 8. The molecule has 1 aromatic rings. The van der Waals surface area contributed by atoms with E-state index in [0.717, 1.165) is 10.8 Å². The molecular weight excluding hydrogens is 306 g/mol. The number of rotatable bonds is 4. The average Bonchev–Trinajstić information content (AvgIpc) is 2.65. The lowest BCUT2D eigenvalue weighted by Gasteiger charge is -2.10. The quantitative estimate of drug-likeness (QED) is 0.655. The summed E-state index contributed by atoms with van der Waals surface area (Å²) in [6.45, 7) is 0. The monoisotopic (exact) mass is 313 g/mol. The fraction of sp³-hybridized carbons (Fsp3) is 0.250. The summed E-state index contributed by atoms with van der Waals surface area (Å²) in [5.74, 6) is 0.959. The van der Waals surface area contributed by atoms with E-state index < -0.39 is 20.2 Å². The first-order valence-corrected chi connectivity index (χ1v) is 8.11. The number of nitrogens with zero attached hydrogens (tertiary/aromatic N) is 1. The first-order chi connectivity index (χ1) is 8.43. The van der Waals surface area contributed by atoms with Crippen LogP contribution in [0.3, 0.4) is 0 Å². The molecule has 1 unspecified atom stereocenters.